The third-order valence-electron chi connectivity index (χ3n) is 3.08. The van der Waals surface area contributed by atoms with Crippen LogP contribution < -0.4 is 0 Å². The molecule has 1 N–H and O–H groups in total. The number of aliphatic carboxylic acids is 1. The Kier molecular flexibility index (Phi) is 6.80. The summed E-state index contributed by atoms with van der Waals surface area (Å²) in [6.07, 6.45) is -0.361. The number of hydrogen-bond acceptors (Lipinski definition) is 3. The van der Waals surface area contributed by atoms with E-state index in [1.807, 2.05) is 0 Å². The highest BCUT2D eigenvalue weighted by molar-refractivity contribution is 6.01. The molecule has 0 bridgehead atoms. The third-order valence-corrected chi connectivity index (χ3v) is 3.08. The van der Waals surface area contributed by atoms with Gasteiger partial charge in [0.15, 0.2) is 0 Å². The van der Waals surface area contributed by atoms with Crippen LogP contribution in [0.5, 0.6) is 0 Å². The van der Waals surface area contributed by atoms with Gasteiger partial charge in [0.25, 0.3) is 0 Å². The highest BCUT2D eigenvalue weighted by Crippen LogP contribution is 2.21. The maximum absolute atomic E-state index is 11.7. The second-order valence-corrected chi connectivity index (χ2v) is 4.57. The Morgan fingerprint density at radius 3 is 2.00 bits per heavy atom. The summed E-state index contributed by atoms with van der Waals surface area (Å²) in [7, 11) is 0. The average Bonchev–Trinajstić information content (AvgIpc) is 2.52. The fourth-order valence-corrected chi connectivity index (χ4v) is 1.99. The topological polar surface area (TPSA) is 169 Å². The van der Waals surface area contributed by atoms with E-state index in [1.165, 1.54) is 0 Å². The third kappa shape index (κ3) is 5.50. The summed E-state index contributed by atoms with van der Waals surface area (Å²) in [6.45, 7) is 0. The minimum absolute atomic E-state index is 0.0692. The second-order valence-electron chi connectivity index (χ2n) is 4.57. The lowest BCUT2D eigenvalue weighted by Gasteiger charge is -2.16. The molecular weight excluding hydrogens is 304 g/mol. The molecule has 1 aromatic rings. The van der Waals surface area contributed by atoms with Gasteiger partial charge >= 0.3 is 5.97 Å². The minimum atomic E-state index is -1.62. The van der Waals surface area contributed by atoms with Crippen LogP contribution >= 0.6 is 0 Å². The van der Waals surface area contributed by atoms with Crippen molar-refractivity contribution in [2.24, 2.45) is 22.1 Å². The fourth-order valence-electron chi connectivity index (χ4n) is 1.99. The number of carboxylic acids is 1. The lowest BCUT2D eigenvalue weighted by molar-refractivity contribution is -0.143. The first-order chi connectivity index (χ1) is 11.0. The van der Waals surface area contributed by atoms with Crippen LogP contribution in [0.3, 0.4) is 0 Å². The van der Waals surface area contributed by atoms with Crippen molar-refractivity contribution in [1.29, 1.82) is 0 Å². The van der Waals surface area contributed by atoms with Gasteiger partial charge in [0.2, 0.25) is 11.8 Å². The first kappa shape index (κ1) is 17.7. The summed E-state index contributed by atoms with van der Waals surface area (Å²) in [6, 6.07) is 8.62. The molecule has 0 aromatic heterocycles. The number of hydrogen-bond donors (Lipinski definition) is 1. The van der Waals surface area contributed by atoms with Crippen molar-refractivity contribution < 1.29 is 19.5 Å². The molecule has 0 saturated heterocycles. The van der Waals surface area contributed by atoms with Gasteiger partial charge in [0.05, 0.1) is 11.8 Å². The smallest absolute Gasteiger partial charge is 0.306 e. The Morgan fingerprint density at radius 2 is 1.57 bits per heavy atom. The van der Waals surface area contributed by atoms with Crippen LogP contribution in [0.1, 0.15) is 12.0 Å². The van der Waals surface area contributed by atoms with Crippen LogP contribution in [0.4, 0.5) is 0 Å². The van der Waals surface area contributed by atoms with Gasteiger partial charge in [-0.05, 0) is 39.7 Å². The highest BCUT2D eigenvalue weighted by atomic mass is 16.4. The number of rotatable bonds is 7. The average molecular weight is 316 g/mol. The van der Waals surface area contributed by atoms with Crippen LogP contribution in [-0.4, -0.2) is 22.9 Å². The molecule has 0 radical (unpaired) electrons. The van der Waals surface area contributed by atoms with Gasteiger partial charge in [-0.15, -0.1) is 0 Å². The van der Waals surface area contributed by atoms with Gasteiger partial charge in [-0.3, -0.25) is 14.4 Å². The normalized spacial score (nSPS) is 12.2. The molecule has 0 aliphatic heterocycles. The Bertz CT molecular complexity index is 662. The van der Waals surface area contributed by atoms with Gasteiger partial charge in [0, 0.05) is 9.82 Å². The molecule has 1 atom stereocenters. The summed E-state index contributed by atoms with van der Waals surface area (Å²) >= 11 is 0. The van der Waals surface area contributed by atoms with E-state index in [9.17, 15) is 19.5 Å². The minimum Gasteiger partial charge on any atom is -0.481 e. The SMILES string of the molecule is [N-]=[N+]=NC(=O)C(CC(Cc1ccccc1)C(=O)O)C(=O)N=[N+]=[N-]. The Morgan fingerprint density at radius 1 is 1.04 bits per heavy atom. The standard InChI is InChI=1S/C13H12N6O4/c14-18-16-11(20)10(12(21)17-19-15)7-9(13(22)23)6-8-4-2-1-3-5-8/h1-5,9-10H,6-7H2,(H,22,23). The molecule has 1 aromatic carbocycles. The Hall–Kier alpha value is -3.35. The predicted molar refractivity (Wildman–Crippen MR) is 77.7 cm³/mol. The van der Waals surface area contributed by atoms with E-state index in [4.69, 9.17) is 11.1 Å². The summed E-state index contributed by atoms with van der Waals surface area (Å²) < 4.78 is 0. The molecule has 23 heavy (non-hydrogen) atoms. The summed E-state index contributed by atoms with van der Waals surface area (Å²) in [4.78, 5) is 39.2. The first-order valence-corrected chi connectivity index (χ1v) is 6.44. The summed E-state index contributed by atoms with van der Waals surface area (Å²) in [5, 5.41) is 14.9. The number of carboxylic acid groups (broad SMARTS) is 1. The molecule has 0 aliphatic rings. The van der Waals surface area contributed by atoms with Crippen LogP contribution in [-0.2, 0) is 20.8 Å². The number of carbonyl (C=O) groups excluding carboxylic acids is 2. The highest BCUT2D eigenvalue weighted by Gasteiger charge is 2.31. The van der Waals surface area contributed by atoms with E-state index in [-0.39, 0.29) is 6.42 Å². The number of amides is 2. The van der Waals surface area contributed by atoms with Crippen LogP contribution in [0.2, 0.25) is 0 Å². The molecule has 2 amide bonds. The van der Waals surface area contributed by atoms with E-state index < -0.39 is 36.0 Å². The first-order valence-electron chi connectivity index (χ1n) is 6.44. The number of carbonyl (C=O) groups is 3. The van der Waals surface area contributed by atoms with Gasteiger partial charge in [-0.2, -0.15) is 0 Å². The van der Waals surface area contributed by atoms with Crippen LogP contribution in [0.15, 0.2) is 40.6 Å². The monoisotopic (exact) mass is 316 g/mol. The molecular formula is C13H12N6O4. The maximum atomic E-state index is 11.7. The van der Waals surface area contributed by atoms with Crippen molar-refractivity contribution in [1.82, 2.24) is 0 Å². The van der Waals surface area contributed by atoms with Gasteiger partial charge in [0.1, 0.15) is 0 Å². The number of azide groups is 2. The molecule has 0 heterocycles. The molecule has 118 valence electrons. The Labute approximate surface area is 130 Å². The zero-order valence-corrected chi connectivity index (χ0v) is 11.8. The predicted octanol–water partition coefficient (Wildman–Crippen LogP) is 2.61. The van der Waals surface area contributed by atoms with Crippen molar-refractivity contribution in [2.75, 3.05) is 0 Å². The lowest BCUT2D eigenvalue weighted by Crippen LogP contribution is -2.28. The van der Waals surface area contributed by atoms with E-state index in [0.29, 0.717) is 5.56 Å². The van der Waals surface area contributed by atoms with E-state index in [2.05, 4.69) is 20.1 Å². The van der Waals surface area contributed by atoms with Crippen molar-refractivity contribution in [2.45, 2.75) is 12.8 Å². The van der Waals surface area contributed by atoms with Crippen molar-refractivity contribution in [3.8, 4) is 0 Å². The summed E-state index contributed by atoms with van der Waals surface area (Å²) in [5.74, 6) is -6.28. The number of nitrogens with zero attached hydrogens (tertiary/aromatic N) is 6. The number of benzene rings is 1. The van der Waals surface area contributed by atoms with Crippen molar-refractivity contribution in [3.63, 3.8) is 0 Å². The largest absolute Gasteiger partial charge is 0.481 e. The van der Waals surface area contributed by atoms with E-state index >= 15 is 0 Å². The zero-order chi connectivity index (χ0) is 17.2. The quantitative estimate of drug-likeness (QED) is 0.353. The maximum Gasteiger partial charge on any atom is 0.306 e. The van der Waals surface area contributed by atoms with Crippen molar-refractivity contribution in [3.05, 3.63) is 56.8 Å². The molecule has 1 unspecified atom stereocenters. The molecule has 0 fully saturated rings. The van der Waals surface area contributed by atoms with E-state index in [1.54, 1.807) is 30.3 Å². The van der Waals surface area contributed by atoms with Crippen LogP contribution in [0, 0.1) is 11.8 Å². The molecule has 0 aliphatic carbocycles. The second kappa shape index (κ2) is 8.83. The summed E-state index contributed by atoms with van der Waals surface area (Å²) in [5.41, 5.74) is 17.3. The van der Waals surface area contributed by atoms with Gasteiger partial charge in [-0.1, -0.05) is 30.3 Å². The van der Waals surface area contributed by atoms with E-state index in [0.717, 1.165) is 0 Å². The molecule has 10 nitrogen and oxygen atoms in total. The lowest BCUT2D eigenvalue weighted by atomic mass is 9.88. The zero-order valence-electron chi connectivity index (χ0n) is 11.8. The molecule has 0 spiro atoms. The molecule has 10 heteroatoms. The fraction of sp³-hybridized carbons (Fsp3) is 0.308. The molecule has 0 saturated carbocycles. The van der Waals surface area contributed by atoms with Gasteiger partial charge < -0.3 is 5.11 Å². The Balaban J connectivity index is 3.02. The van der Waals surface area contributed by atoms with Gasteiger partial charge in [-0.25, -0.2) is 0 Å². The molecule has 1 rings (SSSR count). The van der Waals surface area contributed by atoms with Crippen LogP contribution in [0.25, 0.3) is 20.9 Å². The van der Waals surface area contributed by atoms with Crippen molar-refractivity contribution >= 4 is 17.8 Å².